The van der Waals surface area contributed by atoms with Gasteiger partial charge in [0.15, 0.2) is 0 Å². The molecule has 0 heterocycles. The van der Waals surface area contributed by atoms with Crippen LogP contribution in [0, 0.1) is 0 Å². The molecular weight excluding hydrogens is 125 g/mol. The number of amides is 1. The number of primary amides is 1. The second-order valence-electron chi connectivity index (χ2n) is 0.338. The van der Waals surface area contributed by atoms with Gasteiger partial charge in [-0.05, 0) is 0 Å². The van der Waals surface area contributed by atoms with Gasteiger partial charge in [0.1, 0.15) is 0 Å². The van der Waals surface area contributed by atoms with Gasteiger partial charge in [0, 0.05) is 18.6 Å². The summed E-state index contributed by atoms with van der Waals surface area (Å²) in [4.78, 5) is 9.09. The fourth-order valence-electron chi connectivity index (χ4n) is 0. The standard InChI is InChI=1S/CH3NOS.V/c2-1(3)4;/h(H3,2,3,4);. The van der Waals surface area contributed by atoms with E-state index in [1.165, 1.54) is 0 Å². The van der Waals surface area contributed by atoms with Crippen molar-refractivity contribution in [1.29, 1.82) is 0 Å². The van der Waals surface area contributed by atoms with Gasteiger partial charge >= 0.3 is 0 Å². The summed E-state index contributed by atoms with van der Waals surface area (Å²) in [6.45, 7) is 0. The van der Waals surface area contributed by atoms with Gasteiger partial charge in [-0.15, -0.1) is 0 Å². The van der Waals surface area contributed by atoms with Gasteiger partial charge in [-0.1, -0.05) is 12.6 Å². The third-order valence-corrected chi connectivity index (χ3v) is 0. The third kappa shape index (κ3) is 156. The molecule has 0 bridgehead atoms. The van der Waals surface area contributed by atoms with Crippen molar-refractivity contribution in [2.45, 2.75) is 0 Å². The monoisotopic (exact) mass is 128 g/mol. The summed E-state index contributed by atoms with van der Waals surface area (Å²) in [5.41, 5.74) is 4.34. The first-order valence-electron chi connectivity index (χ1n) is 0.716. The first-order chi connectivity index (χ1) is 1.73. The summed E-state index contributed by atoms with van der Waals surface area (Å²) in [6, 6.07) is 0. The van der Waals surface area contributed by atoms with Gasteiger partial charge in [-0.2, -0.15) is 0 Å². The van der Waals surface area contributed by atoms with E-state index in [9.17, 15) is 0 Å². The van der Waals surface area contributed by atoms with Gasteiger partial charge in [-0.3, -0.25) is 4.79 Å². The minimum absolute atomic E-state index is 0. The Kier molecular flexibility index (Phi) is 7.97. The fraction of sp³-hybridized carbons (Fsp3) is 0. The minimum Gasteiger partial charge on any atom is -0.361 e. The van der Waals surface area contributed by atoms with E-state index >= 15 is 0 Å². The Hall–Kier alpha value is 0.404. The Morgan fingerprint density at radius 2 is 1.80 bits per heavy atom. The van der Waals surface area contributed by atoms with Crippen LogP contribution in [0.5, 0.6) is 0 Å². The Balaban J connectivity index is 0. The van der Waals surface area contributed by atoms with Crippen LogP contribution in [0.4, 0.5) is 4.79 Å². The summed E-state index contributed by atoms with van der Waals surface area (Å²) in [7, 11) is 0. The molecule has 0 aliphatic carbocycles. The summed E-state index contributed by atoms with van der Waals surface area (Å²) < 4.78 is 0. The number of rotatable bonds is 0. The molecule has 1 amide bonds. The number of thiol groups is 1. The van der Waals surface area contributed by atoms with Crippen molar-refractivity contribution in [3.8, 4) is 0 Å². The molecule has 2 nitrogen and oxygen atoms in total. The molecule has 0 saturated carbocycles. The molecule has 2 N–H and O–H groups in total. The van der Waals surface area contributed by atoms with Crippen molar-refractivity contribution in [3.05, 3.63) is 0 Å². The van der Waals surface area contributed by atoms with Crippen molar-refractivity contribution in [1.82, 2.24) is 0 Å². The normalized spacial score (nSPS) is 5.00. The quantitative estimate of drug-likeness (QED) is 0.443. The Bertz CT molecular complexity index is 34.6. The van der Waals surface area contributed by atoms with Crippen LogP contribution in [-0.4, -0.2) is 5.24 Å². The summed E-state index contributed by atoms with van der Waals surface area (Å²) in [5.74, 6) is 0. The molecule has 4 heteroatoms. The molecule has 0 atom stereocenters. The first kappa shape index (κ1) is 9.05. The van der Waals surface area contributed by atoms with E-state index < -0.39 is 5.24 Å². The number of hydrogen-bond donors (Lipinski definition) is 2. The summed E-state index contributed by atoms with van der Waals surface area (Å²) >= 11 is 3.10. The molecular formula is CH3NOSV. The topological polar surface area (TPSA) is 43.1 Å². The van der Waals surface area contributed by atoms with Gasteiger partial charge in [0.25, 0.3) is 5.24 Å². The molecule has 0 aromatic carbocycles. The van der Waals surface area contributed by atoms with E-state index in [2.05, 4.69) is 18.4 Å². The molecule has 0 aromatic heterocycles. The largest absolute Gasteiger partial charge is 0.361 e. The zero-order chi connectivity index (χ0) is 3.58. The molecule has 5 heavy (non-hydrogen) atoms. The third-order valence-electron chi connectivity index (χ3n) is 0. The molecule has 0 spiro atoms. The molecule has 0 saturated heterocycles. The zero-order valence-corrected chi connectivity index (χ0v) is 4.67. The SMILES string of the molecule is NC(=O)S.[V]. The van der Waals surface area contributed by atoms with Crippen molar-refractivity contribution >= 4 is 17.9 Å². The number of hydrogen-bond acceptors (Lipinski definition) is 1. The minimum atomic E-state index is -0.639. The van der Waals surface area contributed by atoms with Crippen LogP contribution in [0.15, 0.2) is 0 Å². The summed E-state index contributed by atoms with van der Waals surface area (Å²) in [5, 5.41) is -0.639. The van der Waals surface area contributed by atoms with Crippen molar-refractivity contribution in [2.24, 2.45) is 5.73 Å². The second kappa shape index (κ2) is 4.40. The molecule has 1 radical (unpaired) electrons. The molecule has 29 valence electrons. The second-order valence-corrected chi connectivity index (χ2v) is 0.779. The van der Waals surface area contributed by atoms with E-state index in [0.717, 1.165) is 0 Å². The van der Waals surface area contributed by atoms with Crippen LogP contribution >= 0.6 is 12.6 Å². The number of nitrogens with two attached hydrogens (primary N) is 1. The average Bonchev–Trinajstić information content (AvgIpc) is 0.811. The van der Waals surface area contributed by atoms with E-state index in [0.29, 0.717) is 0 Å². The van der Waals surface area contributed by atoms with E-state index in [1.54, 1.807) is 0 Å². The predicted molar refractivity (Wildman–Crippen MR) is 18.6 cm³/mol. The summed E-state index contributed by atoms with van der Waals surface area (Å²) in [6.07, 6.45) is 0. The van der Waals surface area contributed by atoms with E-state index in [-0.39, 0.29) is 18.6 Å². The van der Waals surface area contributed by atoms with Crippen LogP contribution in [0.2, 0.25) is 0 Å². The predicted octanol–water partition coefficient (Wildman–Crippen LogP) is -0.00760. The zero-order valence-electron chi connectivity index (χ0n) is 2.38. The van der Waals surface area contributed by atoms with Crippen LogP contribution in [0.25, 0.3) is 0 Å². The maximum Gasteiger partial charge on any atom is 0.273 e. The molecule has 0 unspecified atom stereocenters. The Morgan fingerprint density at radius 3 is 1.80 bits per heavy atom. The van der Waals surface area contributed by atoms with E-state index in [4.69, 9.17) is 4.79 Å². The first-order valence-corrected chi connectivity index (χ1v) is 1.16. The van der Waals surface area contributed by atoms with Crippen molar-refractivity contribution in [2.75, 3.05) is 0 Å². The molecule has 0 rings (SSSR count). The van der Waals surface area contributed by atoms with Crippen molar-refractivity contribution in [3.63, 3.8) is 0 Å². The van der Waals surface area contributed by atoms with Crippen LogP contribution in [0.3, 0.4) is 0 Å². The van der Waals surface area contributed by atoms with Crippen molar-refractivity contribution < 1.29 is 23.4 Å². The molecule has 0 aliphatic heterocycles. The number of carbonyl (C=O) groups is 1. The van der Waals surface area contributed by atoms with Gasteiger partial charge in [0.05, 0.1) is 0 Å². The Labute approximate surface area is 47.4 Å². The molecule has 0 aliphatic rings. The number of carbonyl (C=O) groups excluding carboxylic acids is 1. The Morgan fingerprint density at radius 1 is 1.80 bits per heavy atom. The smallest absolute Gasteiger partial charge is 0.273 e. The van der Waals surface area contributed by atoms with Crippen LogP contribution in [-0.2, 0) is 18.6 Å². The fourth-order valence-corrected chi connectivity index (χ4v) is 0. The van der Waals surface area contributed by atoms with Gasteiger partial charge < -0.3 is 5.73 Å². The average molecular weight is 128 g/mol. The molecule has 0 fully saturated rings. The maximum absolute atomic E-state index is 9.09. The van der Waals surface area contributed by atoms with Gasteiger partial charge in [-0.25, -0.2) is 0 Å². The van der Waals surface area contributed by atoms with Crippen LogP contribution < -0.4 is 5.73 Å². The molecule has 0 aromatic rings. The van der Waals surface area contributed by atoms with E-state index in [1.807, 2.05) is 0 Å². The van der Waals surface area contributed by atoms with Gasteiger partial charge in [0.2, 0.25) is 0 Å². The maximum atomic E-state index is 9.09. The van der Waals surface area contributed by atoms with Crippen LogP contribution in [0.1, 0.15) is 0 Å².